The van der Waals surface area contributed by atoms with Crippen LogP contribution in [0.4, 0.5) is 11.7 Å². The van der Waals surface area contributed by atoms with Crippen molar-refractivity contribution >= 4 is 23.3 Å². The lowest BCUT2D eigenvalue weighted by atomic mass is 9.98. The van der Waals surface area contributed by atoms with Gasteiger partial charge in [0.2, 0.25) is 5.82 Å². The van der Waals surface area contributed by atoms with Gasteiger partial charge in [0.25, 0.3) is 5.91 Å². The number of aryl methyl sites for hydroxylation is 2. The van der Waals surface area contributed by atoms with Gasteiger partial charge in [-0.15, -0.1) is 0 Å². The van der Waals surface area contributed by atoms with Gasteiger partial charge in [-0.2, -0.15) is 4.98 Å². The molecule has 1 saturated heterocycles. The molecule has 1 aliphatic heterocycles. The number of carbonyl (C=O) groups excluding carboxylic acids is 1. The minimum absolute atomic E-state index is 0.256. The Morgan fingerprint density at radius 3 is 2.81 bits per heavy atom. The van der Waals surface area contributed by atoms with Gasteiger partial charge >= 0.3 is 6.01 Å². The quantitative estimate of drug-likeness (QED) is 0.524. The van der Waals surface area contributed by atoms with Gasteiger partial charge in [0.1, 0.15) is 11.3 Å². The molecule has 2 N–H and O–H groups in total. The van der Waals surface area contributed by atoms with E-state index in [0.717, 1.165) is 22.3 Å². The van der Waals surface area contributed by atoms with Crippen LogP contribution in [-0.4, -0.2) is 49.2 Å². The average Bonchev–Trinajstić information content (AvgIpc) is 3.34. The Hall–Kier alpha value is -3.72. The molecule has 1 amide bonds. The SMILES string of the molecule is Cc1ccn2c(C(=O)Nc3cc(-c4noc(N5CC(C)(O)C5)n4)ccc3C)cnc2c1. The normalized spacial score (nSPS) is 15.2. The fraction of sp³-hybridized carbons (Fsp3) is 0.273. The summed E-state index contributed by atoms with van der Waals surface area (Å²) < 4.78 is 7.10. The fourth-order valence-electron chi connectivity index (χ4n) is 3.71. The maximum Gasteiger partial charge on any atom is 0.324 e. The van der Waals surface area contributed by atoms with E-state index in [1.54, 1.807) is 17.5 Å². The third kappa shape index (κ3) is 3.53. The van der Waals surface area contributed by atoms with E-state index in [1.165, 1.54) is 0 Å². The molecule has 0 spiro atoms. The van der Waals surface area contributed by atoms with Crippen molar-refractivity contribution in [1.29, 1.82) is 0 Å². The molecule has 4 heterocycles. The second-order valence-electron chi connectivity index (χ2n) is 8.31. The van der Waals surface area contributed by atoms with Gasteiger partial charge in [0.05, 0.1) is 24.9 Å². The maximum absolute atomic E-state index is 12.9. The summed E-state index contributed by atoms with van der Waals surface area (Å²) in [6.45, 7) is 6.56. The van der Waals surface area contributed by atoms with Crippen molar-refractivity contribution in [3.8, 4) is 11.4 Å². The van der Waals surface area contributed by atoms with Gasteiger partial charge in [0, 0.05) is 17.4 Å². The number of fused-ring (bicyclic) bond motifs is 1. The zero-order valence-corrected chi connectivity index (χ0v) is 17.5. The van der Waals surface area contributed by atoms with E-state index in [1.807, 2.05) is 55.3 Å². The first-order valence-corrected chi connectivity index (χ1v) is 9.96. The number of amides is 1. The molecule has 158 valence electrons. The van der Waals surface area contributed by atoms with E-state index < -0.39 is 5.60 Å². The van der Waals surface area contributed by atoms with Crippen LogP contribution < -0.4 is 10.2 Å². The molecule has 0 radical (unpaired) electrons. The molecule has 1 aromatic carbocycles. The fourth-order valence-corrected chi connectivity index (χ4v) is 3.71. The van der Waals surface area contributed by atoms with Crippen molar-refractivity contribution in [2.45, 2.75) is 26.4 Å². The second kappa shape index (κ2) is 6.92. The molecule has 4 aromatic rings. The number of aromatic nitrogens is 4. The number of rotatable bonds is 4. The minimum atomic E-state index is -0.730. The molecule has 9 nitrogen and oxygen atoms in total. The third-order valence-corrected chi connectivity index (χ3v) is 5.39. The predicted molar refractivity (Wildman–Crippen MR) is 115 cm³/mol. The van der Waals surface area contributed by atoms with E-state index >= 15 is 0 Å². The van der Waals surface area contributed by atoms with E-state index in [9.17, 15) is 9.90 Å². The van der Waals surface area contributed by atoms with Gasteiger partial charge in [-0.25, -0.2) is 4.98 Å². The van der Waals surface area contributed by atoms with E-state index in [-0.39, 0.29) is 5.91 Å². The van der Waals surface area contributed by atoms with Crippen LogP contribution in [0.15, 0.2) is 47.2 Å². The average molecular weight is 418 g/mol. The van der Waals surface area contributed by atoms with Crippen molar-refractivity contribution in [2.75, 3.05) is 23.3 Å². The molecule has 3 aromatic heterocycles. The highest BCUT2D eigenvalue weighted by atomic mass is 16.5. The zero-order valence-electron chi connectivity index (χ0n) is 17.5. The number of aliphatic hydroxyl groups is 1. The molecule has 9 heteroatoms. The van der Waals surface area contributed by atoms with Gasteiger partial charge in [-0.05, 0) is 50.1 Å². The van der Waals surface area contributed by atoms with Crippen LogP contribution >= 0.6 is 0 Å². The van der Waals surface area contributed by atoms with Crippen LogP contribution in [0, 0.1) is 13.8 Å². The first-order valence-electron chi connectivity index (χ1n) is 9.96. The van der Waals surface area contributed by atoms with E-state index in [4.69, 9.17) is 4.52 Å². The Morgan fingerprint density at radius 2 is 2.03 bits per heavy atom. The standard InChI is InChI=1S/C22H22N6O3/c1-13-6-7-28-17(10-23-18(28)8-13)20(29)24-16-9-15(5-4-14(16)2)19-25-21(31-26-19)27-11-22(3,30)12-27/h4-10,30H,11-12H2,1-3H3,(H,24,29). The molecule has 1 fully saturated rings. The topological polar surface area (TPSA) is 109 Å². The number of pyridine rings is 1. The number of nitrogens with zero attached hydrogens (tertiary/aromatic N) is 5. The summed E-state index contributed by atoms with van der Waals surface area (Å²) >= 11 is 0. The summed E-state index contributed by atoms with van der Waals surface area (Å²) in [5, 5.41) is 16.9. The summed E-state index contributed by atoms with van der Waals surface area (Å²) in [5.41, 5.74) is 3.80. The summed E-state index contributed by atoms with van der Waals surface area (Å²) in [6.07, 6.45) is 3.40. The Bertz CT molecular complexity index is 1300. The number of carbonyl (C=O) groups is 1. The third-order valence-electron chi connectivity index (χ3n) is 5.39. The van der Waals surface area contributed by atoms with E-state index in [2.05, 4.69) is 20.4 Å². The molecule has 5 rings (SSSR count). The predicted octanol–water partition coefficient (Wildman–Crippen LogP) is 2.82. The lowest BCUT2D eigenvalue weighted by Gasteiger charge is -2.42. The highest BCUT2D eigenvalue weighted by Gasteiger charge is 2.39. The molecule has 0 atom stereocenters. The monoisotopic (exact) mass is 418 g/mol. The number of anilines is 2. The number of nitrogens with one attached hydrogen (secondary N) is 1. The number of β-amino-alcohol motifs (C(OH)–C–C–N with tert-alkyl or cyclic N) is 1. The molecule has 31 heavy (non-hydrogen) atoms. The van der Waals surface area contributed by atoms with Crippen LogP contribution in [-0.2, 0) is 0 Å². The molecular formula is C22H22N6O3. The van der Waals surface area contributed by atoms with Crippen LogP contribution in [0.1, 0.15) is 28.5 Å². The van der Waals surface area contributed by atoms with Gasteiger partial charge < -0.3 is 19.8 Å². The summed E-state index contributed by atoms with van der Waals surface area (Å²) in [5.74, 6) is 0.163. The molecule has 1 aliphatic rings. The molecule has 0 saturated carbocycles. The number of benzene rings is 1. The molecule has 0 aliphatic carbocycles. The molecule has 0 unspecified atom stereocenters. The van der Waals surface area contributed by atoms with Crippen molar-refractivity contribution in [3.05, 3.63) is 59.5 Å². The first kappa shape index (κ1) is 19.3. The summed E-state index contributed by atoms with van der Waals surface area (Å²) in [6, 6.07) is 9.82. The highest BCUT2D eigenvalue weighted by Crippen LogP contribution is 2.29. The van der Waals surface area contributed by atoms with Crippen molar-refractivity contribution in [3.63, 3.8) is 0 Å². The summed E-state index contributed by atoms with van der Waals surface area (Å²) in [4.78, 5) is 23.5. The Labute approximate surface area is 178 Å². The largest absolute Gasteiger partial charge is 0.386 e. The van der Waals surface area contributed by atoms with Crippen molar-refractivity contribution < 1.29 is 14.4 Å². The van der Waals surface area contributed by atoms with E-state index in [0.29, 0.717) is 36.3 Å². The number of imidazole rings is 1. The van der Waals surface area contributed by atoms with Crippen LogP contribution in [0.3, 0.4) is 0 Å². The van der Waals surface area contributed by atoms with Crippen LogP contribution in [0.2, 0.25) is 0 Å². The summed E-state index contributed by atoms with van der Waals surface area (Å²) in [7, 11) is 0. The lowest BCUT2D eigenvalue weighted by Crippen LogP contribution is -2.60. The Kier molecular flexibility index (Phi) is 4.30. The van der Waals surface area contributed by atoms with Gasteiger partial charge in [0.15, 0.2) is 0 Å². The van der Waals surface area contributed by atoms with Crippen LogP contribution in [0.5, 0.6) is 0 Å². The second-order valence-corrected chi connectivity index (χ2v) is 8.31. The van der Waals surface area contributed by atoms with Crippen molar-refractivity contribution in [2.24, 2.45) is 0 Å². The minimum Gasteiger partial charge on any atom is -0.386 e. The Balaban J connectivity index is 1.39. The van der Waals surface area contributed by atoms with Gasteiger partial charge in [-0.1, -0.05) is 17.3 Å². The zero-order chi connectivity index (χ0) is 21.8. The molecule has 0 bridgehead atoms. The van der Waals surface area contributed by atoms with Crippen molar-refractivity contribution in [1.82, 2.24) is 19.5 Å². The van der Waals surface area contributed by atoms with Crippen LogP contribution in [0.25, 0.3) is 17.0 Å². The first-order chi connectivity index (χ1) is 14.8. The smallest absolute Gasteiger partial charge is 0.324 e. The Morgan fingerprint density at radius 1 is 1.23 bits per heavy atom. The molecular weight excluding hydrogens is 396 g/mol. The number of hydrogen-bond acceptors (Lipinski definition) is 7. The van der Waals surface area contributed by atoms with Gasteiger partial charge in [-0.3, -0.25) is 9.20 Å². The lowest BCUT2D eigenvalue weighted by molar-refractivity contribution is 0.0272. The highest BCUT2D eigenvalue weighted by molar-refractivity contribution is 6.04. The maximum atomic E-state index is 12.9. The number of hydrogen-bond donors (Lipinski definition) is 2.